The Morgan fingerprint density at radius 3 is 2.50 bits per heavy atom. The standard InChI is InChI=1S/C20H23N3O3/c1-16-6-8-18(9-7-16)22-10-12-23(13-11-22)21-14-17-4-2-3-5-19(17)26-15-20(24)25/h2-9,14H,10-13,15H2,1H3,(H,24,25)/p-1/b21-14+. The molecule has 0 saturated carbocycles. The van der Waals surface area contributed by atoms with Crippen molar-refractivity contribution in [1.29, 1.82) is 0 Å². The lowest BCUT2D eigenvalue weighted by molar-refractivity contribution is -0.307. The monoisotopic (exact) mass is 352 g/mol. The summed E-state index contributed by atoms with van der Waals surface area (Å²) >= 11 is 0. The summed E-state index contributed by atoms with van der Waals surface area (Å²) in [5.41, 5.74) is 3.24. The first-order valence-electron chi connectivity index (χ1n) is 8.64. The zero-order valence-corrected chi connectivity index (χ0v) is 14.8. The van der Waals surface area contributed by atoms with E-state index in [0.29, 0.717) is 5.75 Å². The van der Waals surface area contributed by atoms with Crippen molar-refractivity contribution in [2.24, 2.45) is 5.10 Å². The van der Waals surface area contributed by atoms with Crippen LogP contribution in [0.5, 0.6) is 5.75 Å². The molecule has 0 amide bonds. The fraction of sp³-hybridized carbons (Fsp3) is 0.300. The van der Waals surface area contributed by atoms with Crippen molar-refractivity contribution >= 4 is 17.9 Å². The van der Waals surface area contributed by atoms with Gasteiger partial charge in [0, 0.05) is 24.3 Å². The first-order valence-corrected chi connectivity index (χ1v) is 8.64. The van der Waals surface area contributed by atoms with Crippen LogP contribution in [0.2, 0.25) is 0 Å². The Balaban J connectivity index is 1.57. The molecule has 1 fully saturated rings. The van der Waals surface area contributed by atoms with E-state index in [2.05, 4.69) is 41.2 Å². The number of para-hydroxylation sites is 1. The smallest absolute Gasteiger partial charge is 0.128 e. The number of carboxylic acid groups (broad SMARTS) is 1. The number of hydrazone groups is 1. The minimum atomic E-state index is -1.25. The van der Waals surface area contributed by atoms with Crippen LogP contribution < -0.4 is 14.7 Å². The van der Waals surface area contributed by atoms with Gasteiger partial charge in [0.15, 0.2) is 0 Å². The van der Waals surface area contributed by atoms with Gasteiger partial charge in [-0.05, 0) is 31.2 Å². The fourth-order valence-electron chi connectivity index (χ4n) is 2.82. The Hall–Kier alpha value is -3.02. The quantitative estimate of drug-likeness (QED) is 0.733. The maximum absolute atomic E-state index is 10.6. The number of ether oxygens (including phenoxy) is 1. The number of aryl methyl sites for hydroxylation is 1. The van der Waals surface area contributed by atoms with Gasteiger partial charge in [-0.2, -0.15) is 5.10 Å². The Morgan fingerprint density at radius 1 is 1.12 bits per heavy atom. The highest BCUT2D eigenvalue weighted by molar-refractivity contribution is 5.83. The van der Waals surface area contributed by atoms with E-state index in [1.165, 1.54) is 11.3 Å². The van der Waals surface area contributed by atoms with Gasteiger partial charge in [0.2, 0.25) is 0 Å². The molecule has 2 aromatic rings. The Bertz CT molecular complexity index is 766. The molecule has 6 nitrogen and oxygen atoms in total. The topological polar surface area (TPSA) is 68.2 Å². The second-order valence-corrected chi connectivity index (χ2v) is 6.22. The number of nitrogens with zero attached hydrogens (tertiary/aromatic N) is 3. The van der Waals surface area contributed by atoms with Gasteiger partial charge in [-0.1, -0.05) is 29.8 Å². The summed E-state index contributed by atoms with van der Waals surface area (Å²) in [6, 6.07) is 15.8. The Morgan fingerprint density at radius 2 is 1.81 bits per heavy atom. The molecule has 1 aliphatic heterocycles. The minimum Gasteiger partial charge on any atom is -0.546 e. The van der Waals surface area contributed by atoms with Crippen molar-refractivity contribution in [1.82, 2.24) is 5.01 Å². The molecule has 1 aliphatic rings. The first-order chi connectivity index (χ1) is 12.6. The predicted molar refractivity (Wildman–Crippen MR) is 99.5 cm³/mol. The van der Waals surface area contributed by atoms with Crippen molar-refractivity contribution in [3.63, 3.8) is 0 Å². The highest BCUT2D eigenvalue weighted by Crippen LogP contribution is 2.18. The summed E-state index contributed by atoms with van der Waals surface area (Å²) in [7, 11) is 0. The van der Waals surface area contributed by atoms with Gasteiger partial charge in [0.05, 0.1) is 25.3 Å². The molecule has 0 aromatic heterocycles. The molecule has 0 bridgehead atoms. The summed E-state index contributed by atoms with van der Waals surface area (Å²) < 4.78 is 5.24. The number of rotatable bonds is 6. The molecule has 0 N–H and O–H groups in total. The third-order valence-electron chi connectivity index (χ3n) is 4.28. The molecule has 0 spiro atoms. The van der Waals surface area contributed by atoms with Crippen LogP contribution in [0, 0.1) is 6.92 Å². The highest BCUT2D eigenvalue weighted by Gasteiger charge is 2.15. The van der Waals surface area contributed by atoms with Gasteiger partial charge in [0.1, 0.15) is 12.4 Å². The molecule has 0 unspecified atom stereocenters. The van der Waals surface area contributed by atoms with Crippen LogP contribution in [0.25, 0.3) is 0 Å². The third kappa shape index (κ3) is 4.75. The zero-order valence-electron chi connectivity index (χ0n) is 14.8. The maximum atomic E-state index is 10.6. The number of benzene rings is 2. The van der Waals surface area contributed by atoms with Gasteiger partial charge < -0.3 is 19.5 Å². The lowest BCUT2D eigenvalue weighted by Gasteiger charge is -2.34. The number of piperazine rings is 1. The Labute approximate surface area is 153 Å². The summed E-state index contributed by atoms with van der Waals surface area (Å²) in [5, 5.41) is 17.1. The molecule has 3 rings (SSSR count). The SMILES string of the molecule is Cc1ccc(N2CCN(/N=C/c3ccccc3OCC(=O)[O-])CC2)cc1. The second-order valence-electron chi connectivity index (χ2n) is 6.22. The van der Waals surface area contributed by atoms with E-state index >= 15 is 0 Å². The molecule has 1 saturated heterocycles. The van der Waals surface area contributed by atoms with E-state index in [0.717, 1.165) is 31.7 Å². The third-order valence-corrected chi connectivity index (χ3v) is 4.28. The Kier molecular flexibility index (Phi) is 5.73. The number of carboxylic acids is 1. The highest BCUT2D eigenvalue weighted by atomic mass is 16.5. The number of carbonyl (C=O) groups excluding carboxylic acids is 1. The molecule has 136 valence electrons. The molecule has 6 heteroatoms. The molecular weight excluding hydrogens is 330 g/mol. The molecular formula is C20H22N3O3-. The maximum Gasteiger partial charge on any atom is 0.128 e. The average Bonchev–Trinajstić information content (AvgIpc) is 2.66. The molecule has 0 aliphatic carbocycles. The van der Waals surface area contributed by atoms with E-state index in [1.54, 1.807) is 18.3 Å². The molecule has 0 radical (unpaired) electrons. The summed E-state index contributed by atoms with van der Waals surface area (Å²) in [6.45, 7) is 5.08. The van der Waals surface area contributed by atoms with E-state index in [-0.39, 0.29) is 0 Å². The van der Waals surface area contributed by atoms with Crippen LogP contribution in [0.3, 0.4) is 0 Å². The van der Waals surface area contributed by atoms with Crippen molar-refractivity contribution in [2.45, 2.75) is 6.92 Å². The largest absolute Gasteiger partial charge is 0.546 e. The van der Waals surface area contributed by atoms with E-state index in [1.807, 2.05) is 17.1 Å². The summed E-state index contributed by atoms with van der Waals surface area (Å²) in [6.07, 6.45) is 1.71. The van der Waals surface area contributed by atoms with Crippen LogP contribution in [-0.2, 0) is 4.79 Å². The molecule has 2 aromatic carbocycles. The van der Waals surface area contributed by atoms with Crippen molar-refractivity contribution in [3.8, 4) is 5.75 Å². The minimum absolute atomic E-state index is 0.472. The first kappa shape index (κ1) is 17.8. The molecule has 26 heavy (non-hydrogen) atoms. The van der Waals surface area contributed by atoms with Crippen LogP contribution in [0.15, 0.2) is 53.6 Å². The molecule has 1 heterocycles. The van der Waals surface area contributed by atoms with Crippen LogP contribution >= 0.6 is 0 Å². The summed E-state index contributed by atoms with van der Waals surface area (Å²) in [5.74, 6) is -0.761. The zero-order chi connectivity index (χ0) is 18.4. The van der Waals surface area contributed by atoms with Crippen LogP contribution in [0.1, 0.15) is 11.1 Å². The number of hydrogen-bond donors (Lipinski definition) is 0. The lowest BCUT2D eigenvalue weighted by atomic mass is 10.2. The van der Waals surface area contributed by atoms with Crippen LogP contribution in [-0.4, -0.2) is 50.0 Å². The normalized spacial score (nSPS) is 14.7. The van der Waals surface area contributed by atoms with Crippen molar-refractivity contribution in [3.05, 3.63) is 59.7 Å². The van der Waals surface area contributed by atoms with Gasteiger partial charge in [-0.25, -0.2) is 0 Å². The van der Waals surface area contributed by atoms with Crippen LogP contribution in [0.4, 0.5) is 5.69 Å². The number of carbonyl (C=O) groups is 1. The summed E-state index contributed by atoms with van der Waals surface area (Å²) in [4.78, 5) is 12.9. The molecule has 0 atom stereocenters. The predicted octanol–water partition coefficient (Wildman–Crippen LogP) is 1.28. The van der Waals surface area contributed by atoms with Gasteiger partial charge in [-0.3, -0.25) is 5.01 Å². The van der Waals surface area contributed by atoms with E-state index < -0.39 is 12.6 Å². The number of hydrogen-bond acceptors (Lipinski definition) is 6. The van der Waals surface area contributed by atoms with E-state index in [4.69, 9.17) is 4.74 Å². The van der Waals surface area contributed by atoms with Gasteiger partial charge in [-0.15, -0.1) is 0 Å². The van der Waals surface area contributed by atoms with Crippen molar-refractivity contribution < 1.29 is 14.6 Å². The van der Waals surface area contributed by atoms with E-state index in [9.17, 15) is 9.90 Å². The second kappa shape index (κ2) is 8.38. The number of anilines is 1. The fourth-order valence-corrected chi connectivity index (χ4v) is 2.82. The van der Waals surface area contributed by atoms with Crippen molar-refractivity contribution in [2.75, 3.05) is 37.7 Å². The lowest BCUT2D eigenvalue weighted by Crippen LogP contribution is -2.44. The van der Waals surface area contributed by atoms with Gasteiger partial charge >= 0.3 is 0 Å². The number of aliphatic carboxylic acids is 1. The average molecular weight is 352 g/mol. The van der Waals surface area contributed by atoms with Gasteiger partial charge in [0.25, 0.3) is 0 Å².